The average Bonchev–Trinajstić information content (AvgIpc) is 2.51. The van der Waals surface area contributed by atoms with Gasteiger partial charge < -0.3 is 15.3 Å². The summed E-state index contributed by atoms with van der Waals surface area (Å²) in [5.41, 5.74) is -0.636. The van der Waals surface area contributed by atoms with Gasteiger partial charge in [-0.2, -0.15) is 0 Å². The molecule has 0 aromatic rings. The van der Waals surface area contributed by atoms with Crippen molar-refractivity contribution in [1.29, 1.82) is 0 Å². The first-order valence-corrected chi connectivity index (χ1v) is 9.08. The van der Waals surface area contributed by atoms with Crippen LogP contribution in [0.15, 0.2) is 0 Å². The van der Waals surface area contributed by atoms with Gasteiger partial charge in [0, 0.05) is 17.5 Å². The van der Waals surface area contributed by atoms with Crippen LogP contribution >= 0.6 is 0 Å². The van der Waals surface area contributed by atoms with E-state index in [-0.39, 0.29) is 24.9 Å². The first-order valence-electron chi connectivity index (χ1n) is 9.08. The zero-order valence-corrected chi connectivity index (χ0v) is 16.2. The second kappa shape index (κ2) is 9.80. The van der Waals surface area contributed by atoms with Gasteiger partial charge in [-0.05, 0) is 12.8 Å². The Labute approximate surface area is 158 Å². The lowest BCUT2D eigenvalue weighted by molar-refractivity contribution is -0.147. The predicted molar refractivity (Wildman–Crippen MR) is 96.6 cm³/mol. The number of carbonyl (C=O) groups excluding carboxylic acids is 1. The minimum absolute atomic E-state index is 0.0645. The number of hydrogen-bond donors (Lipinski definition) is 3. The van der Waals surface area contributed by atoms with E-state index in [4.69, 9.17) is 10.2 Å². The Morgan fingerprint density at radius 2 is 1.07 bits per heavy atom. The quantitative estimate of drug-likeness (QED) is 0.497. The van der Waals surface area contributed by atoms with Crippen molar-refractivity contribution in [3.63, 3.8) is 0 Å². The summed E-state index contributed by atoms with van der Waals surface area (Å²) in [6.45, 7) is 3.97. The molecule has 9 nitrogen and oxygen atoms in total. The van der Waals surface area contributed by atoms with Crippen molar-refractivity contribution >= 4 is 23.7 Å². The molecular formula is C18H30N2O7. The highest BCUT2D eigenvalue weighted by molar-refractivity contribution is 5.86. The third kappa shape index (κ3) is 7.64. The molecule has 1 saturated carbocycles. The lowest BCUT2D eigenvalue weighted by Gasteiger charge is -2.44. The first-order chi connectivity index (χ1) is 12.4. The predicted octanol–water partition coefficient (Wildman–Crippen LogP) is 0.771. The number of ketones is 1. The molecule has 0 spiro atoms. The van der Waals surface area contributed by atoms with Crippen LogP contribution in [0.2, 0.25) is 0 Å². The number of aliphatic carboxylic acids is 3. The van der Waals surface area contributed by atoms with Gasteiger partial charge in [-0.25, -0.2) is 0 Å². The van der Waals surface area contributed by atoms with E-state index in [9.17, 15) is 24.3 Å². The minimum atomic E-state index is -1.14. The Hall–Kier alpha value is -2.00. The van der Waals surface area contributed by atoms with Gasteiger partial charge in [-0.15, -0.1) is 0 Å². The Bertz CT molecular complexity index is 555. The maximum atomic E-state index is 12.5. The molecule has 0 heterocycles. The summed E-state index contributed by atoms with van der Waals surface area (Å²) >= 11 is 0. The fraction of sp³-hybridized carbons (Fsp3) is 0.778. The molecular weight excluding hydrogens is 356 g/mol. The summed E-state index contributed by atoms with van der Waals surface area (Å²) in [6.07, 6.45) is 2.76. The van der Waals surface area contributed by atoms with Crippen LogP contribution in [-0.4, -0.2) is 87.1 Å². The molecule has 0 bridgehead atoms. The van der Waals surface area contributed by atoms with Gasteiger partial charge in [0.2, 0.25) is 0 Å². The fourth-order valence-corrected chi connectivity index (χ4v) is 3.47. The number of rotatable bonds is 10. The highest BCUT2D eigenvalue weighted by Gasteiger charge is 2.38. The van der Waals surface area contributed by atoms with Gasteiger partial charge in [0.05, 0.1) is 26.2 Å². The van der Waals surface area contributed by atoms with Crippen molar-refractivity contribution < 1.29 is 34.5 Å². The molecule has 1 rings (SSSR count). The Kier molecular flexibility index (Phi) is 8.36. The maximum absolute atomic E-state index is 12.5. The molecule has 9 heteroatoms. The van der Waals surface area contributed by atoms with Gasteiger partial charge in [-0.1, -0.05) is 33.6 Å². The van der Waals surface area contributed by atoms with Gasteiger partial charge in [0.25, 0.3) is 0 Å². The smallest absolute Gasteiger partial charge is 0.317 e. The third-order valence-electron chi connectivity index (χ3n) is 4.83. The van der Waals surface area contributed by atoms with Crippen molar-refractivity contribution in [3.05, 3.63) is 0 Å². The Morgan fingerprint density at radius 3 is 1.37 bits per heavy atom. The highest BCUT2D eigenvalue weighted by Crippen LogP contribution is 2.28. The van der Waals surface area contributed by atoms with E-state index in [1.165, 1.54) is 4.90 Å². The molecule has 0 aliphatic heterocycles. The topological polar surface area (TPSA) is 135 Å². The molecule has 1 aliphatic rings. The zero-order chi connectivity index (χ0) is 20.8. The van der Waals surface area contributed by atoms with Crippen molar-refractivity contribution in [2.24, 2.45) is 5.41 Å². The van der Waals surface area contributed by atoms with Crippen LogP contribution in [0.4, 0.5) is 0 Å². The van der Waals surface area contributed by atoms with Gasteiger partial charge in [-0.3, -0.25) is 29.0 Å². The van der Waals surface area contributed by atoms with Crippen LogP contribution in [0.5, 0.6) is 0 Å². The number of nitrogens with zero attached hydrogens (tertiary/aromatic N) is 2. The van der Waals surface area contributed by atoms with Gasteiger partial charge >= 0.3 is 17.9 Å². The molecule has 0 saturated heterocycles. The van der Waals surface area contributed by atoms with Crippen LogP contribution in [-0.2, 0) is 19.2 Å². The molecule has 27 heavy (non-hydrogen) atoms. The largest absolute Gasteiger partial charge is 0.480 e. The normalized spacial score (nSPS) is 20.6. The summed E-state index contributed by atoms with van der Waals surface area (Å²) in [7, 11) is 0. The lowest BCUT2D eigenvalue weighted by atomic mass is 9.86. The summed E-state index contributed by atoms with van der Waals surface area (Å²) in [5.74, 6) is -3.48. The molecule has 2 atom stereocenters. The van der Waals surface area contributed by atoms with E-state index >= 15 is 0 Å². The monoisotopic (exact) mass is 386 g/mol. The first kappa shape index (κ1) is 23.0. The molecule has 0 amide bonds. The summed E-state index contributed by atoms with van der Waals surface area (Å²) in [4.78, 5) is 49.2. The minimum Gasteiger partial charge on any atom is -0.480 e. The van der Waals surface area contributed by atoms with Crippen molar-refractivity contribution in [2.75, 3.05) is 26.2 Å². The standard InChI is InChI=1S/C18H30N2O7/c1-18(2,3)14(21)8-19(9-15(22)23)12-6-4-5-7-13(12)20(10-16(24)25)11-17(26)27/h12-13H,4-11H2,1-3H3,(H,22,23)(H,24,25)(H,26,27). The van der Waals surface area contributed by atoms with Crippen molar-refractivity contribution in [1.82, 2.24) is 9.80 Å². The van der Waals surface area contributed by atoms with Crippen LogP contribution < -0.4 is 0 Å². The van der Waals surface area contributed by atoms with E-state index in [0.717, 1.165) is 12.8 Å². The van der Waals surface area contributed by atoms with Crippen LogP contribution in [0.25, 0.3) is 0 Å². The van der Waals surface area contributed by atoms with Crippen LogP contribution in [0.3, 0.4) is 0 Å². The van der Waals surface area contributed by atoms with Crippen molar-refractivity contribution in [3.8, 4) is 0 Å². The van der Waals surface area contributed by atoms with Gasteiger partial charge in [0.1, 0.15) is 0 Å². The van der Waals surface area contributed by atoms with E-state index in [1.54, 1.807) is 25.7 Å². The van der Waals surface area contributed by atoms with Crippen molar-refractivity contribution in [2.45, 2.75) is 58.5 Å². The second-order valence-corrected chi connectivity index (χ2v) is 8.08. The van der Waals surface area contributed by atoms with Gasteiger partial charge in [0.15, 0.2) is 5.78 Å². The number of carboxylic acid groups (broad SMARTS) is 3. The molecule has 0 radical (unpaired) electrons. The van der Waals surface area contributed by atoms with E-state index in [2.05, 4.69) is 0 Å². The zero-order valence-electron chi connectivity index (χ0n) is 16.2. The summed E-state index contributed by atoms with van der Waals surface area (Å²) < 4.78 is 0. The number of Topliss-reactive ketones (excluding diaryl/α,β-unsaturated/α-hetero) is 1. The summed E-state index contributed by atoms with van der Waals surface area (Å²) in [5, 5.41) is 27.6. The third-order valence-corrected chi connectivity index (χ3v) is 4.83. The maximum Gasteiger partial charge on any atom is 0.317 e. The SMILES string of the molecule is CC(C)(C)C(=O)CN(CC(=O)O)C1CCCCC1N(CC(=O)O)CC(=O)O. The lowest BCUT2D eigenvalue weighted by Crippen LogP contribution is -2.57. The van der Waals surface area contributed by atoms with Crippen LogP contribution in [0.1, 0.15) is 46.5 Å². The Morgan fingerprint density at radius 1 is 0.741 bits per heavy atom. The Balaban J connectivity index is 3.13. The molecule has 1 fully saturated rings. The van der Waals surface area contributed by atoms with E-state index in [1.807, 2.05) is 0 Å². The number of hydrogen-bond acceptors (Lipinski definition) is 6. The molecule has 3 N–H and O–H groups in total. The molecule has 0 aromatic heterocycles. The second-order valence-electron chi connectivity index (χ2n) is 8.08. The summed E-state index contributed by atoms with van der Waals surface area (Å²) in [6, 6.07) is -0.821. The number of carboxylic acids is 3. The van der Waals surface area contributed by atoms with E-state index < -0.39 is 42.5 Å². The average molecular weight is 386 g/mol. The molecule has 154 valence electrons. The number of carbonyl (C=O) groups is 4. The molecule has 0 aromatic carbocycles. The molecule has 1 aliphatic carbocycles. The fourth-order valence-electron chi connectivity index (χ4n) is 3.47. The highest BCUT2D eigenvalue weighted by atomic mass is 16.4. The van der Waals surface area contributed by atoms with Crippen LogP contribution in [0, 0.1) is 5.41 Å². The van der Waals surface area contributed by atoms with E-state index in [0.29, 0.717) is 12.8 Å². The molecule has 2 unspecified atom stereocenters.